The van der Waals surface area contributed by atoms with Crippen LogP contribution in [0, 0.1) is 6.92 Å². The van der Waals surface area contributed by atoms with Gasteiger partial charge in [-0.3, -0.25) is 9.80 Å². The van der Waals surface area contributed by atoms with Crippen LogP contribution in [0.5, 0.6) is 5.75 Å². The van der Waals surface area contributed by atoms with Crippen molar-refractivity contribution in [1.29, 1.82) is 0 Å². The van der Waals surface area contributed by atoms with Crippen LogP contribution in [-0.2, 0) is 13.2 Å². The fourth-order valence-corrected chi connectivity index (χ4v) is 4.07. The molecule has 1 fully saturated rings. The molecule has 1 heterocycles. The second-order valence-electron chi connectivity index (χ2n) is 7.15. The Balaban J connectivity index is 1.65. The van der Waals surface area contributed by atoms with Gasteiger partial charge in [-0.1, -0.05) is 46.3 Å². The lowest BCUT2D eigenvalue weighted by Gasteiger charge is -2.35. The topological polar surface area (TPSA) is 15.7 Å². The quantitative estimate of drug-likeness (QED) is 0.606. The molecule has 1 saturated heterocycles. The van der Waals surface area contributed by atoms with Gasteiger partial charge in [-0.05, 0) is 30.2 Å². The zero-order valence-electron chi connectivity index (χ0n) is 15.8. The molecule has 1 aliphatic heterocycles. The van der Waals surface area contributed by atoms with Crippen molar-refractivity contribution in [3.63, 3.8) is 0 Å². The molecule has 0 saturated carbocycles. The third-order valence-corrected chi connectivity index (χ3v) is 5.26. The van der Waals surface area contributed by atoms with Crippen LogP contribution < -0.4 is 4.74 Å². The molecule has 7 heteroatoms. The van der Waals surface area contributed by atoms with Crippen LogP contribution in [0.2, 0.25) is 0 Å². The third kappa shape index (κ3) is 6.22. The van der Waals surface area contributed by atoms with E-state index in [0.29, 0.717) is 39.3 Å². The summed E-state index contributed by atoms with van der Waals surface area (Å²) in [5.74, 6) is 0.852. The molecule has 28 heavy (non-hydrogen) atoms. The van der Waals surface area contributed by atoms with Crippen molar-refractivity contribution in [3.05, 3.63) is 63.6 Å². The van der Waals surface area contributed by atoms with E-state index in [1.807, 2.05) is 49.4 Å². The molecule has 0 amide bonds. The minimum absolute atomic E-state index is 0.423. The Hall–Kier alpha value is -1.57. The number of nitrogens with zero attached hydrogens (tertiary/aromatic N) is 2. The average Bonchev–Trinajstić information content (AvgIpc) is 2.62. The second-order valence-corrected chi connectivity index (χ2v) is 8.07. The molecule has 0 bridgehead atoms. The van der Waals surface area contributed by atoms with Crippen LogP contribution in [0.4, 0.5) is 13.2 Å². The summed E-state index contributed by atoms with van der Waals surface area (Å²) in [5.41, 5.74) is 3.18. The second kappa shape index (κ2) is 9.29. The predicted octanol–water partition coefficient (Wildman–Crippen LogP) is 5.02. The van der Waals surface area contributed by atoms with Gasteiger partial charge in [-0.15, -0.1) is 0 Å². The van der Waals surface area contributed by atoms with Crippen LogP contribution in [0.3, 0.4) is 0 Å². The van der Waals surface area contributed by atoms with E-state index in [9.17, 15) is 13.2 Å². The highest BCUT2D eigenvalue weighted by Crippen LogP contribution is 2.30. The normalized spacial score (nSPS) is 16.3. The van der Waals surface area contributed by atoms with Gasteiger partial charge in [0.05, 0.1) is 6.54 Å². The van der Waals surface area contributed by atoms with Crippen molar-refractivity contribution in [2.24, 2.45) is 0 Å². The van der Waals surface area contributed by atoms with E-state index in [4.69, 9.17) is 4.74 Å². The standard InChI is InChI=1S/C21H24BrF3N2O/c1-16-11-19(22)12-18(20(16)28-14-17-5-3-2-4-6-17)13-26-7-9-27(10-8-26)15-21(23,24)25/h2-6,11-12H,7-10,13-15H2,1H3. The zero-order valence-corrected chi connectivity index (χ0v) is 17.4. The molecule has 2 aromatic rings. The number of piperazine rings is 1. The van der Waals surface area contributed by atoms with Gasteiger partial charge in [0, 0.05) is 42.8 Å². The van der Waals surface area contributed by atoms with Gasteiger partial charge in [0.1, 0.15) is 12.4 Å². The predicted molar refractivity (Wildman–Crippen MR) is 107 cm³/mol. The number of alkyl halides is 3. The summed E-state index contributed by atoms with van der Waals surface area (Å²) in [4.78, 5) is 3.65. The molecule has 0 radical (unpaired) electrons. The van der Waals surface area contributed by atoms with E-state index in [2.05, 4.69) is 20.8 Å². The number of aryl methyl sites for hydroxylation is 1. The summed E-state index contributed by atoms with van der Waals surface area (Å²) in [6, 6.07) is 14.0. The number of halogens is 4. The Bertz CT molecular complexity index is 775. The first-order valence-electron chi connectivity index (χ1n) is 9.27. The lowest BCUT2D eigenvalue weighted by Crippen LogP contribution is -2.48. The van der Waals surface area contributed by atoms with Gasteiger partial charge in [-0.25, -0.2) is 0 Å². The number of benzene rings is 2. The van der Waals surface area contributed by atoms with E-state index in [0.717, 1.165) is 26.9 Å². The first kappa shape index (κ1) is 21.1. The minimum Gasteiger partial charge on any atom is -0.488 e. The van der Waals surface area contributed by atoms with E-state index >= 15 is 0 Å². The number of hydrogen-bond donors (Lipinski definition) is 0. The molecule has 3 nitrogen and oxygen atoms in total. The molecule has 3 rings (SSSR count). The molecule has 0 unspecified atom stereocenters. The largest absolute Gasteiger partial charge is 0.488 e. The average molecular weight is 457 g/mol. The highest BCUT2D eigenvalue weighted by atomic mass is 79.9. The SMILES string of the molecule is Cc1cc(Br)cc(CN2CCN(CC(F)(F)F)CC2)c1OCc1ccccc1. The molecule has 0 spiro atoms. The maximum Gasteiger partial charge on any atom is 0.401 e. The molecular formula is C21H24BrF3N2O. The highest BCUT2D eigenvalue weighted by Gasteiger charge is 2.32. The fourth-order valence-electron chi connectivity index (χ4n) is 3.45. The monoisotopic (exact) mass is 456 g/mol. The number of rotatable bonds is 6. The summed E-state index contributed by atoms with van der Waals surface area (Å²) in [5, 5.41) is 0. The highest BCUT2D eigenvalue weighted by molar-refractivity contribution is 9.10. The third-order valence-electron chi connectivity index (χ3n) is 4.80. The van der Waals surface area contributed by atoms with Crippen molar-refractivity contribution >= 4 is 15.9 Å². The summed E-state index contributed by atoms with van der Waals surface area (Å²) in [6.07, 6.45) is -4.14. The maximum absolute atomic E-state index is 12.6. The van der Waals surface area contributed by atoms with Gasteiger partial charge < -0.3 is 4.74 Å². The fraction of sp³-hybridized carbons (Fsp3) is 0.429. The first-order valence-corrected chi connectivity index (χ1v) is 10.1. The van der Waals surface area contributed by atoms with Crippen LogP contribution in [-0.4, -0.2) is 48.7 Å². The zero-order chi connectivity index (χ0) is 20.1. The van der Waals surface area contributed by atoms with Gasteiger partial charge >= 0.3 is 6.18 Å². The smallest absolute Gasteiger partial charge is 0.401 e. The van der Waals surface area contributed by atoms with E-state index in [1.165, 1.54) is 4.90 Å². The summed E-state index contributed by atoms with van der Waals surface area (Å²) >= 11 is 3.54. The Morgan fingerprint density at radius 2 is 1.64 bits per heavy atom. The molecule has 2 aromatic carbocycles. The van der Waals surface area contributed by atoms with Crippen LogP contribution in [0.1, 0.15) is 16.7 Å². The van der Waals surface area contributed by atoms with Gasteiger partial charge in [0.15, 0.2) is 0 Å². The molecule has 0 aromatic heterocycles. The Morgan fingerprint density at radius 3 is 2.29 bits per heavy atom. The molecular weight excluding hydrogens is 433 g/mol. The Morgan fingerprint density at radius 1 is 1.00 bits per heavy atom. The lowest BCUT2D eigenvalue weighted by molar-refractivity contribution is -0.149. The molecule has 1 aliphatic rings. The van der Waals surface area contributed by atoms with Crippen molar-refractivity contribution < 1.29 is 17.9 Å². The van der Waals surface area contributed by atoms with Gasteiger partial charge in [0.25, 0.3) is 0 Å². The van der Waals surface area contributed by atoms with Crippen molar-refractivity contribution in [2.75, 3.05) is 32.7 Å². The van der Waals surface area contributed by atoms with Crippen LogP contribution in [0.15, 0.2) is 46.9 Å². The number of ether oxygens (including phenoxy) is 1. The van der Waals surface area contributed by atoms with Gasteiger partial charge in [-0.2, -0.15) is 13.2 Å². The molecule has 0 aliphatic carbocycles. The first-order chi connectivity index (χ1) is 13.3. The van der Waals surface area contributed by atoms with E-state index in [-0.39, 0.29) is 0 Å². The maximum atomic E-state index is 12.6. The van der Waals surface area contributed by atoms with E-state index in [1.54, 1.807) is 0 Å². The molecule has 152 valence electrons. The van der Waals surface area contributed by atoms with Gasteiger partial charge in [0.2, 0.25) is 0 Å². The molecule has 0 N–H and O–H groups in total. The van der Waals surface area contributed by atoms with Crippen molar-refractivity contribution in [2.45, 2.75) is 26.3 Å². The van der Waals surface area contributed by atoms with E-state index < -0.39 is 12.7 Å². The minimum atomic E-state index is -4.14. The summed E-state index contributed by atoms with van der Waals surface area (Å²) in [7, 11) is 0. The number of hydrogen-bond acceptors (Lipinski definition) is 3. The van der Waals surface area contributed by atoms with Crippen LogP contribution in [0.25, 0.3) is 0 Å². The Kier molecular flexibility index (Phi) is 7.01. The van der Waals surface area contributed by atoms with Crippen LogP contribution >= 0.6 is 15.9 Å². The molecule has 0 atom stereocenters. The van der Waals surface area contributed by atoms with Crippen molar-refractivity contribution in [1.82, 2.24) is 9.80 Å². The Labute approximate surface area is 172 Å². The summed E-state index contributed by atoms with van der Waals surface area (Å²) in [6.45, 7) is 4.39. The summed E-state index contributed by atoms with van der Waals surface area (Å²) < 4.78 is 44.8. The van der Waals surface area contributed by atoms with Crippen molar-refractivity contribution in [3.8, 4) is 5.75 Å². The lowest BCUT2D eigenvalue weighted by atomic mass is 10.1.